The predicted molar refractivity (Wildman–Crippen MR) is 102 cm³/mol. The maximum atomic E-state index is 13.7. The summed E-state index contributed by atoms with van der Waals surface area (Å²) in [5, 5.41) is 0. The van der Waals surface area contributed by atoms with E-state index >= 15 is 0 Å². The van der Waals surface area contributed by atoms with E-state index in [-0.39, 0.29) is 17.9 Å². The predicted octanol–water partition coefficient (Wildman–Crippen LogP) is 1.84. The standard InChI is InChI=1S/C20H21N7O/c21-20-25-14-4-2-1-3-13(14)16(26-20)19(28)27-10-7-15-17(24-11-23-15)18(27)12-5-8-22-9-6-12/h5-6,8-9,11,18H,1-4,7,10H2,(H,23,24)(H2,21,25,26). The van der Waals surface area contributed by atoms with Crippen LogP contribution in [-0.4, -0.2) is 42.3 Å². The molecule has 1 aliphatic carbocycles. The van der Waals surface area contributed by atoms with Crippen molar-refractivity contribution in [2.24, 2.45) is 0 Å². The second kappa shape index (κ2) is 6.70. The minimum atomic E-state index is -0.277. The van der Waals surface area contributed by atoms with Gasteiger partial charge in [-0.3, -0.25) is 9.78 Å². The minimum absolute atomic E-state index is 0.109. The largest absolute Gasteiger partial charge is 0.368 e. The summed E-state index contributed by atoms with van der Waals surface area (Å²) >= 11 is 0. The number of carbonyl (C=O) groups excluding carboxylic acids is 1. The van der Waals surface area contributed by atoms with E-state index in [0.29, 0.717) is 12.2 Å². The number of carbonyl (C=O) groups is 1. The van der Waals surface area contributed by atoms with Crippen LogP contribution in [0.15, 0.2) is 30.9 Å². The molecule has 3 aromatic rings. The van der Waals surface area contributed by atoms with Crippen LogP contribution in [0.2, 0.25) is 0 Å². The molecule has 0 saturated carbocycles. The lowest BCUT2D eigenvalue weighted by Gasteiger charge is -2.35. The van der Waals surface area contributed by atoms with Gasteiger partial charge in [0.05, 0.1) is 12.0 Å². The van der Waals surface area contributed by atoms with Gasteiger partial charge in [0.15, 0.2) is 0 Å². The third kappa shape index (κ3) is 2.72. The van der Waals surface area contributed by atoms with E-state index in [0.717, 1.165) is 60.3 Å². The van der Waals surface area contributed by atoms with Crippen molar-refractivity contribution in [3.05, 3.63) is 64.8 Å². The summed E-state index contributed by atoms with van der Waals surface area (Å²) in [7, 11) is 0. The van der Waals surface area contributed by atoms with E-state index < -0.39 is 0 Å². The number of aromatic amines is 1. The Kier molecular flexibility index (Phi) is 4.03. The zero-order valence-corrected chi connectivity index (χ0v) is 15.4. The van der Waals surface area contributed by atoms with Gasteiger partial charge in [0, 0.05) is 42.3 Å². The van der Waals surface area contributed by atoms with Gasteiger partial charge in [0.2, 0.25) is 5.95 Å². The van der Waals surface area contributed by atoms with Gasteiger partial charge in [-0.25, -0.2) is 15.0 Å². The van der Waals surface area contributed by atoms with E-state index in [4.69, 9.17) is 5.73 Å². The van der Waals surface area contributed by atoms with Crippen LogP contribution in [0.25, 0.3) is 0 Å². The molecule has 1 atom stereocenters. The average Bonchev–Trinajstić information content (AvgIpc) is 3.21. The number of fused-ring (bicyclic) bond motifs is 2. The van der Waals surface area contributed by atoms with Crippen LogP contribution in [0.5, 0.6) is 0 Å². The summed E-state index contributed by atoms with van der Waals surface area (Å²) in [4.78, 5) is 36.1. The number of nitrogens with zero attached hydrogens (tertiary/aromatic N) is 5. The SMILES string of the molecule is Nc1nc2c(c(C(=O)N3CCc4[nH]cnc4C3c3ccncc3)n1)CCCC2. The van der Waals surface area contributed by atoms with Gasteiger partial charge in [-0.05, 0) is 43.4 Å². The number of hydrogen-bond donors (Lipinski definition) is 2. The number of hydrogen-bond acceptors (Lipinski definition) is 6. The smallest absolute Gasteiger partial charge is 0.273 e. The van der Waals surface area contributed by atoms with Crippen molar-refractivity contribution in [3.8, 4) is 0 Å². The van der Waals surface area contributed by atoms with Crippen LogP contribution in [-0.2, 0) is 19.3 Å². The summed E-state index contributed by atoms with van der Waals surface area (Å²) in [6, 6.07) is 3.58. The molecule has 8 heteroatoms. The zero-order valence-electron chi connectivity index (χ0n) is 15.4. The molecule has 0 fully saturated rings. The molecule has 1 unspecified atom stereocenters. The average molecular weight is 375 g/mol. The van der Waals surface area contributed by atoms with Crippen LogP contribution in [0.1, 0.15) is 57.6 Å². The second-order valence-corrected chi connectivity index (χ2v) is 7.26. The molecular weight excluding hydrogens is 354 g/mol. The summed E-state index contributed by atoms with van der Waals surface area (Å²) in [5.74, 6) is 0.0599. The molecule has 142 valence electrons. The number of imidazole rings is 1. The van der Waals surface area contributed by atoms with Crippen molar-refractivity contribution in [1.29, 1.82) is 0 Å². The summed E-state index contributed by atoms with van der Waals surface area (Å²) in [5.41, 5.74) is 11.2. The number of nitrogen functional groups attached to an aromatic ring is 1. The Labute approximate surface area is 162 Å². The molecule has 5 rings (SSSR count). The van der Waals surface area contributed by atoms with Gasteiger partial charge in [0.1, 0.15) is 11.7 Å². The third-order valence-electron chi connectivity index (χ3n) is 5.61. The first-order valence-corrected chi connectivity index (χ1v) is 9.60. The van der Waals surface area contributed by atoms with E-state index in [1.54, 1.807) is 18.7 Å². The van der Waals surface area contributed by atoms with Crippen LogP contribution >= 0.6 is 0 Å². The molecular formula is C20H21N7O. The van der Waals surface area contributed by atoms with E-state index in [9.17, 15) is 4.79 Å². The Hall–Kier alpha value is -3.29. The normalized spacial score (nSPS) is 18.4. The topological polar surface area (TPSA) is 114 Å². The fraction of sp³-hybridized carbons (Fsp3) is 0.350. The Morgan fingerprint density at radius 2 is 1.96 bits per heavy atom. The van der Waals surface area contributed by atoms with Gasteiger partial charge in [-0.1, -0.05) is 0 Å². The third-order valence-corrected chi connectivity index (χ3v) is 5.61. The first-order valence-electron chi connectivity index (χ1n) is 9.60. The number of H-pyrrole nitrogens is 1. The highest BCUT2D eigenvalue weighted by Gasteiger charge is 2.36. The van der Waals surface area contributed by atoms with E-state index in [1.165, 1.54) is 0 Å². The van der Waals surface area contributed by atoms with E-state index in [1.807, 2.05) is 17.0 Å². The number of anilines is 1. The number of rotatable bonds is 2. The lowest BCUT2D eigenvalue weighted by Crippen LogP contribution is -2.42. The number of nitrogens with two attached hydrogens (primary N) is 1. The quantitative estimate of drug-likeness (QED) is 0.706. The molecule has 3 N–H and O–H groups in total. The van der Waals surface area contributed by atoms with Crippen LogP contribution in [0.4, 0.5) is 5.95 Å². The zero-order chi connectivity index (χ0) is 19.1. The van der Waals surface area contributed by atoms with Crippen molar-refractivity contribution in [2.45, 2.75) is 38.1 Å². The fourth-order valence-corrected chi connectivity index (χ4v) is 4.30. The maximum Gasteiger partial charge on any atom is 0.273 e. The van der Waals surface area contributed by atoms with Crippen molar-refractivity contribution in [2.75, 3.05) is 12.3 Å². The van der Waals surface area contributed by atoms with Crippen molar-refractivity contribution in [1.82, 2.24) is 29.8 Å². The molecule has 0 bridgehead atoms. The fourth-order valence-electron chi connectivity index (χ4n) is 4.30. The van der Waals surface area contributed by atoms with Gasteiger partial charge in [0.25, 0.3) is 5.91 Å². The number of aryl methyl sites for hydroxylation is 1. The van der Waals surface area contributed by atoms with Crippen molar-refractivity contribution >= 4 is 11.9 Å². The van der Waals surface area contributed by atoms with Crippen LogP contribution in [0, 0.1) is 0 Å². The monoisotopic (exact) mass is 375 g/mol. The van der Waals surface area contributed by atoms with Gasteiger partial charge < -0.3 is 15.6 Å². The first kappa shape index (κ1) is 16.9. The Balaban J connectivity index is 1.60. The summed E-state index contributed by atoms with van der Waals surface area (Å²) in [6.07, 6.45) is 9.67. The molecule has 0 aromatic carbocycles. The Bertz CT molecular complexity index is 1030. The molecule has 28 heavy (non-hydrogen) atoms. The van der Waals surface area contributed by atoms with Gasteiger partial charge in [-0.15, -0.1) is 0 Å². The Morgan fingerprint density at radius 1 is 1.14 bits per heavy atom. The van der Waals surface area contributed by atoms with Crippen molar-refractivity contribution in [3.63, 3.8) is 0 Å². The summed E-state index contributed by atoms with van der Waals surface area (Å²) in [6.45, 7) is 0.583. The number of nitrogens with one attached hydrogen (secondary N) is 1. The first-order chi connectivity index (χ1) is 13.7. The van der Waals surface area contributed by atoms with Gasteiger partial charge in [-0.2, -0.15) is 0 Å². The van der Waals surface area contributed by atoms with Crippen LogP contribution in [0.3, 0.4) is 0 Å². The molecule has 1 amide bonds. The molecule has 0 saturated heterocycles. The van der Waals surface area contributed by atoms with Crippen molar-refractivity contribution < 1.29 is 4.79 Å². The second-order valence-electron chi connectivity index (χ2n) is 7.26. The van der Waals surface area contributed by atoms with Gasteiger partial charge >= 0.3 is 0 Å². The molecule has 0 radical (unpaired) electrons. The number of aromatic nitrogens is 5. The highest BCUT2D eigenvalue weighted by atomic mass is 16.2. The number of pyridine rings is 1. The highest BCUT2D eigenvalue weighted by molar-refractivity contribution is 5.95. The minimum Gasteiger partial charge on any atom is -0.368 e. The lowest BCUT2D eigenvalue weighted by atomic mass is 9.92. The molecule has 3 aromatic heterocycles. The summed E-state index contributed by atoms with van der Waals surface area (Å²) < 4.78 is 0. The molecule has 8 nitrogen and oxygen atoms in total. The van der Waals surface area contributed by atoms with E-state index in [2.05, 4.69) is 24.9 Å². The Morgan fingerprint density at radius 3 is 2.82 bits per heavy atom. The lowest BCUT2D eigenvalue weighted by molar-refractivity contribution is 0.0682. The molecule has 4 heterocycles. The maximum absolute atomic E-state index is 13.7. The number of amides is 1. The highest BCUT2D eigenvalue weighted by Crippen LogP contribution is 2.35. The van der Waals surface area contributed by atoms with Crippen LogP contribution < -0.4 is 5.73 Å². The molecule has 0 spiro atoms. The molecule has 1 aliphatic heterocycles. The molecule has 2 aliphatic rings.